The van der Waals surface area contributed by atoms with Crippen molar-refractivity contribution in [2.75, 3.05) is 11.1 Å². The van der Waals surface area contributed by atoms with Gasteiger partial charge in [0.2, 0.25) is 21.7 Å². The molecule has 0 atom stereocenters. The monoisotopic (exact) mass is 333 g/mol. The van der Waals surface area contributed by atoms with Gasteiger partial charge in [-0.3, -0.25) is 9.59 Å². The maximum atomic E-state index is 12.8. The Bertz CT molecular complexity index is 877. The van der Waals surface area contributed by atoms with Crippen LogP contribution in [-0.4, -0.2) is 20.2 Å². The van der Waals surface area contributed by atoms with Crippen molar-refractivity contribution in [2.45, 2.75) is 16.7 Å². The van der Waals surface area contributed by atoms with Gasteiger partial charge in [0.25, 0.3) is 0 Å². The highest BCUT2D eigenvalue weighted by Crippen LogP contribution is 2.34. The Morgan fingerprint density at radius 3 is 2.17 bits per heavy atom. The maximum Gasteiger partial charge on any atom is 0.250 e. The zero-order valence-corrected chi connectivity index (χ0v) is 13.1. The number of primary amides is 1. The molecule has 2 rings (SSSR count). The molecule has 5 N–H and O–H groups in total. The fraction of sp³-hybridized carbons (Fsp3) is 0.0667. The molecule has 0 radical (unpaired) electrons. The first-order valence-corrected chi connectivity index (χ1v) is 8.03. The smallest absolute Gasteiger partial charge is 0.250 e. The summed E-state index contributed by atoms with van der Waals surface area (Å²) >= 11 is 0. The van der Waals surface area contributed by atoms with Gasteiger partial charge in [-0.1, -0.05) is 18.2 Å². The van der Waals surface area contributed by atoms with Gasteiger partial charge in [-0.15, -0.1) is 0 Å². The summed E-state index contributed by atoms with van der Waals surface area (Å²) in [5.74, 6) is -1.35. The zero-order valence-electron chi connectivity index (χ0n) is 12.2. The van der Waals surface area contributed by atoms with E-state index in [2.05, 4.69) is 5.32 Å². The molecule has 7 nitrogen and oxygen atoms in total. The second-order valence-corrected chi connectivity index (χ2v) is 6.65. The lowest BCUT2D eigenvalue weighted by Crippen LogP contribution is -2.19. The quantitative estimate of drug-likeness (QED) is 0.722. The number of nitrogen functional groups attached to an aromatic ring is 1. The highest BCUT2D eigenvalue weighted by molar-refractivity contribution is 7.91. The summed E-state index contributed by atoms with van der Waals surface area (Å²) in [5, 5.41) is 2.42. The van der Waals surface area contributed by atoms with Crippen LogP contribution in [0.15, 0.2) is 52.3 Å². The van der Waals surface area contributed by atoms with Gasteiger partial charge in [0.05, 0.1) is 21.8 Å². The number of carbonyl (C=O) groups excluding carboxylic acids is 2. The highest BCUT2D eigenvalue weighted by Gasteiger charge is 2.28. The third kappa shape index (κ3) is 3.16. The van der Waals surface area contributed by atoms with Crippen molar-refractivity contribution in [3.8, 4) is 0 Å². The molecule has 0 aromatic heterocycles. The molecular formula is C15H15N3O4S. The van der Waals surface area contributed by atoms with Crippen LogP contribution in [0, 0.1) is 0 Å². The molecule has 0 aliphatic heterocycles. The van der Waals surface area contributed by atoms with Gasteiger partial charge in [0.1, 0.15) is 4.90 Å². The van der Waals surface area contributed by atoms with E-state index in [-0.39, 0.29) is 21.8 Å². The van der Waals surface area contributed by atoms with E-state index in [1.807, 2.05) is 0 Å². The Kier molecular flexibility index (Phi) is 4.37. The van der Waals surface area contributed by atoms with Gasteiger partial charge >= 0.3 is 0 Å². The Hall–Kier alpha value is -2.87. The van der Waals surface area contributed by atoms with Crippen LogP contribution in [0.5, 0.6) is 0 Å². The lowest BCUT2D eigenvalue weighted by Gasteiger charge is -2.15. The predicted molar refractivity (Wildman–Crippen MR) is 85.6 cm³/mol. The molecule has 2 amide bonds. The molecule has 0 saturated carbocycles. The summed E-state index contributed by atoms with van der Waals surface area (Å²) in [6.45, 7) is 1.26. The molecule has 0 heterocycles. The zero-order chi connectivity index (χ0) is 17.2. The largest absolute Gasteiger partial charge is 0.396 e. The molecule has 0 spiro atoms. The summed E-state index contributed by atoms with van der Waals surface area (Å²) in [5.41, 5.74) is 10.8. The first kappa shape index (κ1) is 16.5. The van der Waals surface area contributed by atoms with E-state index in [4.69, 9.17) is 11.5 Å². The van der Waals surface area contributed by atoms with Crippen molar-refractivity contribution in [3.63, 3.8) is 0 Å². The molecular weight excluding hydrogens is 318 g/mol. The predicted octanol–water partition coefficient (Wildman–Crippen LogP) is 1.16. The third-order valence-corrected chi connectivity index (χ3v) is 4.96. The molecule has 2 aromatic carbocycles. The van der Waals surface area contributed by atoms with E-state index in [9.17, 15) is 18.0 Å². The molecule has 0 aliphatic carbocycles. The minimum atomic E-state index is -4.08. The molecule has 23 heavy (non-hydrogen) atoms. The summed E-state index contributed by atoms with van der Waals surface area (Å²) in [6, 6.07) is 10.1. The fourth-order valence-corrected chi connectivity index (χ4v) is 3.71. The molecule has 120 valence electrons. The van der Waals surface area contributed by atoms with Gasteiger partial charge in [0.15, 0.2) is 0 Å². The topological polar surface area (TPSA) is 132 Å². The van der Waals surface area contributed by atoms with Crippen LogP contribution in [0.2, 0.25) is 0 Å². The van der Waals surface area contributed by atoms with Crippen LogP contribution < -0.4 is 16.8 Å². The normalized spacial score (nSPS) is 11.0. The molecule has 0 aliphatic rings. The minimum absolute atomic E-state index is 0.0332. The number of anilines is 2. The highest BCUT2D eigenvalue weighted by atomic mass is 32.2. The van der Waals surface area contributed by atoms with Gasteiger partial charge in [-0.2, -0.15) is 0 Å². The van der Waals surface area contributed by atoms with Gasteiger partial charge in [-0.25, -0.2) is 8.42 Å². The van der Waals surface area contributed by atoms with Gasteiger partial charge < -0.3 is 16.8 Å². The van der Waals surface area contributed by atoms with Crippen molar-refractivity contribution in [3.05, 3.63) is 48.0 Å². The molecule has 0 saturated heterocycles. The lowest BCUT2D eigenvalue weighted by molar-refractivity contribution is -0.114. The van der Waals surface area contributed by atoms with Gasteiger partial charge in [-0.05, 0) is 24.3 Å². The number of hydrogen-bond acceptors (Lipinski definition) is 5. The van der Waals surface area contributed by atoms with E-state index < -0.39 is 26.5 Å². The maximum absolute atomic E-state index is 12.8. The average molecular weight is 333 g/mol. The van der Waals surface area contributed by atoms with Crippen LogP contribution in [0.25, 0.3) is 0 Å². The van der Waals surface area contributed by atoms with Crippen LogP contribution in [0.4, 0.5) is 11.4 Å². The third-order valence-electron chi connectivity index (χ3n) is 3.09. The van der Waals surface area contributed by atoms with E-state index >= 15 is 0 Å². The first-order valence-electron chi connectivity index (χ1n) is 6.55. The first-order chi connectivity index (χ1) is 10.7. The molecule has 2 aromatic rings. The van der Waals surface area contributed by atoms with Crippen molar-refractivity contribution >= 4 is 33.0 Å². The number of hydrogen-bond donors (Lipinski definition) is 3. The summed E-state index contributed by atoms with van der Waals surface area (Å²) in [7, 11) is -4.08. The number of sulfone groups is 1. The average Bonchev–Trinajstić information content (AvgIpc) is 2.49. The number of carbonyl (C=O) groups is 2. The van der Waals surface area contributed by atoms with Crippen LogP contribution in [0.3, 0.4) is 0 Å². The number of amides is 2. The Morgan fingerprint density at radius 2 is 1.65 bits per heavy atom. The van der Waals surface area contributed by atoms with E-state index in [1.54, 1.807) is 18.2 Å². The number of benzene rings is 2. The van der Waals surface area contributed by atoms with E-state index in [0.717, 1.165) is 0 Å². The van der Waals surface area contributed by atoms with Crippen LogP contribution in [-0.2, 0) is 14.6 Å². The number of nitrogens with two attached hydrogens (primary N) is 2. The lowest BCUT2D eigenvalue weighted by atomic mass is 10.1. The Morgan fingerprint density at radius 1 is 1.04 bits per heavy atom. The SMILES string of the molecule is CC(=O)Nc1ccc(C(N)=O)c(S(=O)(=O)c2ccccc2)c1N. The number of nitrogens with one attached hydrogen (secondary N) is 1. The summed E-state index contributed by atoms with van der Waals surface area (Å²) in [6.07, 6.45) is 0. The van der Waals surface area contributed by atoms with Crippen LogP contribution >= 0.6 is 0 Å². The standard InChI is InChI=1S/C15H15N3O4S/c1-9(19)18-12-8-7-11(15(17)20)14(13(12)16)23(21,22)10-5-3-2-4-6-10/h2-8H,16H2,1H3,(H2,17,20)(H,18,19). The Labute approximate surface area is 133 Å². The summed E-state index contributed by atoms with van der Waals surface area (Å²) < 4.78 is 25.6. The van der Waals surface area contributed by atoms with Crippen molar-refractivity contribution < 1.29 is 18.0 Å². The van der Waals surface area contributed by atoms with Crippen molar-refractivity contribution in [2.24, 2.45) is 5.73 Å². The van der Waals surface area contributed by atoms with Crippen LogP contribution in [0.1, 0.15) is 17.3 Å². The molecule has 0 fully saturated rings. The molecule has 0 unspecified atom stereocenters. The molecule has 0 bridgehead atoms. The fourth-order valence-electron chi connectivity index (χ4n) is 2.10. The van der Waals surface area contributed by atoms with Crippen molar-refractivity contribution in [1.29, 1.82) is 0 Å². The van der Waals surface area contributed by atoms with Crippen molar-refractivity contribution in [1.82, 2.24) is 0 Å². The Balaban J connectivity index is 2.78. The second kappa shape index (κ2) is 6.09. The van der Waals surface area contributed by atoms with E-state index in [1.165, 1.54) is 31.2 Å². The number of rotatable bonds is 4. The van der Waals surface area contributed by atoms with Gasteiger partial charge in [0, 0.05) is 6.92 Å². The van der Waals surface area contributed by atoms with E-state index in [0.29, 0.717) is 0 Å². The minimum Gasteiger partial charge on any atom is -0.396 e. The summed E-state index contributed by atoms with van der Waals surface area (Å²) in [4.78, 5) is 22.4. The molecule has 8 heteroatoms. The second-order valence-electron chi connectivity index (χ2n) is 4.77.